The molecule has 146 valence electrons. The Bertz CT molecular complexity index is 780. The lowest BCUT2D eigenvalue weighted by Crippen LogP contribution is -2.42. The van der Waals surface area contributed by atoms with Crippen LogP contribution in [0, 0.1) is 0 Å². The Labute approximate surface area is 173 Å². The molecule has 0 atom stereocenters. The van der Waals surface area contributed by atoms with Crippen molar-refractivity contribution in [3.63, 3.8) is 0 Å². The van der Waals surface area contributed by atoms with Crippen LogP contribution in [0.25, 0.3) is 11.3 Å². The number of ether oxygens (including phenoxy) is 1. The van der Waals surface area contributed by atoms with Crippen LogP contribution in [0.15, 0.2) is 23.6 Å². The zero-order valence-electron chi connectivity index (χ0n) is 15.1. The maximum absolute atomic E-state index is 12.3. The Morgan fingerprint density at radius 2 is 2.15 bits per heavy atom. The van der Waals surface area contributed by atoms with Crippen molar-refractivity contribution >= 4 is 45.6 Å². The van der Waals surface area contributed by atoms with E-state index in [0.717, 1.165) is 50.7 Å². The average molecular weight is 429 g/mol. The fourth-order valence-corrected chi connectivity index (χ4v) is 4.00. The molecule has 0 unspecified atom stereocenters. The van der Waals surface area contributed by atoms with Crippen molar-refractivity contribution in [1.29, 1.82) is 0 Å². The summed E-state index contributed by atoms with van der Waals surface area (Å²) in [6, 6.07) is 5.27. The third kappa shape index (κ3) is 6.14. The smallest absolute Gasteiger partial charge is 0.240 e. The lowest BCUT2D eigenvalue weighted by atomic mass is 10.2. The normalized spacial score (nSPS) is 15.3. The van der Waals surface area contributed by atoms with Gasteiger partial charge in [-0.15, -0.1) is 11.3 Å². The minimum atomic E-state index is -0.0809. The highest BCUT2D eigenvalue weighted by Crippen LogP contribution is 2.32. The quantitative estimate of drug-likeness (QED) is 0.732. The van der Waals surface area contributed by atoms with Crippen LogP contribution >= 0.6 is 34.5 Å². The SMILES string of the molecule is CN(CCN1CCOCC1)CC(=O)Nc1nc(-c2ccc(Cl)cc2Cl)cs1. The van der Waals surface area contributed by atoms with E-state index in [1.807, 2.05) is 23.4 Å². The van der Waals surface area contributed by atoms with Crippen LogP contribution in [0.5, 0.6) is 0 Å². The molecule has 9 heteroatoms. The van der Waals surface area contributed by atoms with Gasteiger partial charge in [-0.05, 0) is 25.2 Å². The van der Waals surface area contributed by atoms with Crippen molar-refractivity contribution in [2.75, 3.05) is 58.3 Å². The number of rotatable bonds is 7. The summed E-state index contributed by atoms with van der Waals surface area (Å²) in [5.74, 6) is -0.0809. The highest BCUT2D eigenvalue weighted by molar-refractivity contribution is 7.14. The molecule has 2 aromatic rings. The molecule has 0 aliphatic carbocycles. The van der Waals surface area contributed by atoms with Gasteiger partial charge in [-0.1, -0.05) is 23.2 Å². The average Bonchev–Trinajstić information content (AvgIpc) is 3.08. The van der Waals surface area contributed by atoms with Crippen molar-refractivity contribution in [1.82, 2.24) is 14.8 Å². The van der Waals surface area contributed by atoms with E-state index >= 15 is 0 Å². The lowest BCUT2D eigenvalue weighted by molar-refractivity contribution is -0.117. The molecule has 27 heavy (non-hydrogen) atoms. The van der Waals surface area contributed by atoms with Gasteiger partial charge in [0.15, 0.2) is 5.13 Å². The number of aromatic nitrogens is 1. The van der Waals surface area contributed by atoms with E-state index in [2.05, 4.69) is 15.2 Å². The first-order valence-electron chi connectivity index (χ1n) is 8.71. The van der Waals surface area contributed by atoms with Crippen LogP contribution in [0.3, 0.4) is 0 Å². The molecule has 3 rings (SSSR count). The third-order valence-corrected chi connectivity index (χ3v) is 5.58. The summed E-state index contributed by atoms with van der Waals surface area (Å²) in [6.45, 7) is 5.56. The van der Waals surface area contributed by atoms with Gasteiger partial charge in [0.2, 0.25) is 5.91 Å². The van der Waals surface area contributed by atoms with Crippen molar-refractivity contribution in [3.05, 3.63) is 33.6 Å². The van der Waals surface area contributed by atoms with Gasteiger partial charge in [-0.3, -0.25) is 14.6 Å². The summed E-state index contributed by atoms with van der Waals surface area (Å²) < 4.78 is 5.34. The second-order valence-electron chi connectivity index (χ2n) is 6.40. The number of thiazole rings is 1. The largest absolute Gasteiger partial charge is 0.379 e. The number of hydrogen-bond acceptors (Lipinski definition) is 6. The fraction of sp³-hybridized carbons (Fsp3) is 0.444. The van der Waals surface area contributed by atoms with Gasteiger partial charge in [0.05, 0.1) is 30.5 Å². The van der Waals surface area contributed by atoms with Crippen LogP contribution < -0.4 is 5.32 Å². The Hall–Kier alpha value is -1.22. The molecule has 1 aliphatic rings. The number of nitrogens with one attached hydrogen (secondary N) is 1. The van der Waals surface area contributed by atoms with Gasteiger partial charge < -0.3 is 10.1 Å². The van der Waals surface area contributed by atoms with Gasteiger partial charge in [0, 0.05) is 42.1 Å². The maximum atomic E-state index is 12.3. The molecular weight excluding hydrogens is 407 g/mol. The molecular formula is C18H22Cl2N4O2S. The van der Waals surface area contributed by atoms with E-state index in [-0.39, 0.29) is 5.91 Å². The summed E-state index contributed by atoms with van der Waals surface area (Å²) in [7, 11) is 1.95. The first-order valence-corrected chi connectivity index (χ1v) is 10.3. The van der Waals surface area contributed by atoms with Crippen molar-refractivity contribution in [2.24, 2.45) is 0 Å². The van der Waals surface area contributed by atoms with Gasteiger partial charge in [0.1, 0.15) is 0 Å². The van der Waals surface area contributed by atoms with Crippen LogP contribution in [-0.4, -0.2) is 73.7 Å². The number of carbonyl (C=O) groups excluding carboxylic acids is 1. The second-order valence-corrected chi connectivity index (χ2v) is 8.10. The summed E-state index contributed by atoms with van der Waals surface area (Å²) in [6.07, 6.45) is 0. The number of hydrogen-bond donors (Lipinski definition) is 1. The number of morpholine rings is 1. The molecule has 1 aliphatic heterocycles. The number of likely N-dealkylation sites (N-methyl/N-ethyl adjacent to an activating group) is 1. The molecule has 1 fully saturated rings. The van der Waals surface area contributed by atoms with Crippen molar-refractivity contribution in [2.45, 2.75) is 0 Å². The van der Waals surface area contributed by atoms with E-state index in [0.29, 0.717) is 21.7 Å². The van der Waals surface area contributed by atoms with Crippen molar-refractivity contribution < 1.29 is 9.53 Å². The summed E-state index contributed by atoms with van der Waals surface area (Å²) in [5, 5.41) is 6.39. The molecule has 0 saturated carbocycles. The Morgan fingerprint density at radius 3 is 2.89 bits per heavy atom. The third-order valence-electron chi connectivity index (χ3n) is 4.27. The predicted octanol–water partition coefficient (Wildman–Crippen LogP) is 3.32. The maximum Gasteiger partial charge on any atom is 0.240 e. The van der Waals surface area contributed by atoms with Gasteiger partial charge >= 0.3 is 0 Å². The standard InChI is InChI=1S/C18H22Cl2N4O2S/c1-23(4-5-24-6-8-26-9-7-24)11-17(25)22-18-21-16(12-27-18)14-3-2-13(19)10-15(14)20/h2-3,10,12H,4-9,11H2,1H3,(H,21,22,25). The molecule has 1 N–H and O–H groups in total. The monoisotopic (exact) mass is 428 g/mol. The number of amides is 1. The number of anilines is 1. The van der Waals surface area contributed by atoms with E-state index in [1.165, 1.54) is 11.3 Å². The molecule has 0 bridgehead atoms. The van der Waals surface area contributed by atoms with Crippen LogP contribution in [0.1, 0.15) is 0 Å². The molecule has 1 aromatic carbocycles. The van der Waals surface area contributed by atoms with E-state index < -0.39 is 0 Å². The molecule has 2 heterocycles. The van der Waals surface area contributed by atoms with E-state index in [4.69, 9.17) is 27.9 Å². The summed E-state index contributed by atoms with van der Waals surface area (Å²) >= 11 is 13.5. The summed E-state index contributed by atoms with van der Waals surface area (Å²) in [4.78, 5) is 21.1. The molecule has 6 nitrogen and oxygen atoms in total. The molecule has 1 amide bonds. The van der Waals surface area contributed by atoms with E-state index in [9.17, 15) is 4.79 Å². The van der Waals surface area contributed by atoms with Crippen molar-refractivity contribution in [3.8, 4) is 11.3 Å². The fourth-order valence-electron chi connectivity index (χ4n) is 2.77. The molecule has 1 aromatic heterocycles. The van der Waals surface area contributed by atoms with Gasteiger partial charge in [-0.2, -0.15) is 0 Å². The molecule has 0 radical (unpaired) electrons. The molecule has 0 spiro atoms. The number of carbonyl (C=O) groups is 1. The number of nitrogens with zero attached hydrogens (tertiary/aromatic N) is 3. The molecule has 1 saturated heterocycles. The Morgan fingerprint density at radius 1 is 1.37 bits per heavy atom. The van der Waals surface area contributed by atoms with E-state index in [1.54, 1.807) is 12.1 Å². The highest BCUT2D eigenvalue weighted by atomic mass is 35.5. The number of halogens is 2. The topological polar surface area (TPSA) is 57.7 Å². The van der Waals surface area contributed by atoms with Gasteiger partial charge in [0.25, 0.3) is 0 Å². The van der Waals surface area contributed by atoms with Gasteiger partial charge in [-0.25, -0.2) is 4.98 Å². The van der Waals surface area contributed by atoms with Crippen LogP contribution in [-0.2, 0) is 9.53 Å². The number of benzene rings is 1. The zero-order chi connectivity index (χ0) is 19.2. The van der Waals surface area contributed by atoms with Crippen LogP contribution in [0.4, 0.5) is 5.13 Å². The zero-order valence-corrected chi connectivity index (χ0v) is 17.4. The minimum Gasteiger partial charge on any atom is -0.379 e. The summed E-state index contributed by atoms with van der Waals surface area (Å²) in [5.41, 5.74) is 1.51. The first-order chi connectivity index (χ1) is 13.0. The first kappa shape index (κ1) is 20.5. The minimum absolute atomic E-state index is 0.0809. The lowest BCUT2D eigenvalue weighted by Gasteiger charge is -2.28. The Kier molecular flexibility index (Phi) is 7.46. The predicted molar refractivity (Wildman–Crippen MR) is 111 cm³/mol. The Balaban J connectivity index is 1.48. The second kappa shape index (κ2) is 9.82. The van der Waals surface area contributed by atoms with Crippen LogP contribution in [0.2, 0.25) is 10.0 Å². The highest BCUT2D eigenvalue weighted by Gasteiger charge is 2.14.